The van der Waals surface area contributed by atoms with Crippen LogP contribution in [-0.2, 0) is 20.8 Å². The fourth-order valence-corrected chi connectivity index (χ4v) is 3.85. The number of rotatable bonds is 10. The summed E-state index contributed by atoms with van der Waals surface area (Å²) in [4.78, 5) is 46.5. The Balaban J connectivity index is 0.00000122. The van der Waals surface area contributed by atoms with Crippen molar-refractivity contribution >= 4 is 22.8 Å². The second kappa shape index (κ2) is 13.2. The van der Waals surface area contributed by atoms with Crippen LogP contribution in [0.2, 0.25) is 0 Å². The number of Topliss-reactive ketones (excluding diaryl/α,β-unsaturated/α-hetero) is 1. The van der Waals surface area contributed by atoms with E-state index in [1.807, 2.05) is 56.3 Å². The van der Waals surface area contributed by atoms with Crippen LogP contribution < -0.4 is 5.56 Å². The largest absolute Gasteiger partial charge is 0.373 e. The van der Waals surface area contributed by atoms with Crippen molar-refractivity contribution in [3.8, 4) is 5.69 Å². The second-order valence-electron chi connectivity index (χ2n) is 8.31. The lowest BCUT2D eigenvalue weighted by atomic mass is 10.1. The van der Waals surface area contributed by atoms with Crippen molar-refractivity contribution in [2.24, 2.45) is 0 Å². The maximum atomic E-state index is 13.3. The van der Waals surface area contributed by atoms with Gasteiger partial charge in [0, 0.05) is 19.3 Å². The summed E-state index contributed by atoms with van der Waals surface area (Å²) in [7, 11) is 0. The zero-order chi connectivity index (χ0) is 24.2. The van der Waals surface area contributed by atoms with Crippen LogP contribution in [0.4, 0.5) is 0 Å². The number of aromatic nitrogens is 2. The molecule has 3 aromatic rings. The normalized spacial score (nSPS) is 10.4. The lowest BCUT2D eigenvalue weighted by molar-refractivity contribution is -0.191. The van der Waals surface area contributed by atoms with E-state index in [4.69, 9.17) is 14.6 Å². The quantitative estimate of drug-likeness (QED) is 0.394. The molecule has 2 aromatic carbocycles. The molecular weight excluding hydrogens is 416 g/mol. The molecule has 0 N–H and O–H groups in total. The van der Waals surface area contributed by atoms with Gasteiger partial charge in [0.15, 0.2) is 0 Å². The highest BCUT2D eigenvalue weighted by molar-refractivity contribution is 5.79. The van der Waals surface area contributed by atoms with Crippen LogP contribution in [0.5, 0.6) is 0 Å². The average molecular weight is 449 g/mol. The van der Waals surface area contributed by atoms with Crippen LogP contribution in [0.3, 0.4) is 0 Å². The molecule has 0 fully saturated rings. The van der Waals surface area contributed by atoms with Gasteiger partial charge in [-0.05, 0) is 68.5 Å². The third-order valence-corrected chi connectivity index (χ3v) is 5.52. The van der Waals surface area contributed by atoms with E-state index in [1.165, 1.54) is 0 Å². The first-order valence-electron chi connectivity index (χ1n) is 11.5. The van der Waals surface area contributed by atoms with Crippen LogP contribution >= 0.6 is 0 Å². The van der Waals surface area contributed by atoms with E-state index in [9.17, 15) is 9.59 Å². The van der Waals surface area contributed by atoms with Gasteiger partial charge < -0.3 is 0 Å². The number of carbonyl (C=O) groups is 1. The Morgan fingerprint density at radius 2 is 1.61 bits per heavy atom. The Morgan fingerprint density at radius 1 is 0.939 bits per heavy atom. The number of hydrogen-bond acceptors (Lipinski definition) is 5. The Morgan fingerprint density at radius 3 is 2.27 bits per heavy atom. The van der Waals surface area contributed by atoms with Crippen molar-refractivity contribution < 1.29 is 14.4 Å². The number of hydrogen-bond donors (Lipinski definition) is 0. The minimum Gasteiger partial charge on any atom is -0.300 e. The molecule has 0 amide bonds. The van der Waals surface area contributed by atoms with Crippen LogP contribution in [0, 0.1) is 13.8 Å². The van der Waals surface area contributed by atoms with Crippen molar-refractivity contribution in [1.29, 1.82) is 0 Å². The van der Waals surface area contributed by atoms with E-state index in [-0.39, 0.29) is 11.7 Å². The van der Waals surface area contributed by atoms with Gasteiger partial charge in [0.25, 0.3) is 5.56 Å². The van der Waals surface area contributed by atoms with E-state index in [1.54, 1.807) is 4.57 Å². The molecule has 174 valence electrons. The Labute approximate surface area is 194 Å². The molecule has 0 saturated heterocycles. The molecule has 6 heteroatoms. The van der Waals surface area contributed by atoms with Crippen molar-refractivity contribution in [3.63, 3.8) is 0 Å². The predicted octanol–water partition coefficient (Wildman–Crippen LogP) is 5.28. The van der Waals surface area contributed by atoms with E-state index in [2.05, 4.69) is 6.92 Å². The number of benzene rings is 2. The molecule has 0 aliphatic rings. The summed E-state index contributed by atoms with van der Waals surface area (Å²) in [5, 5.41) is 0.636. The zero-order valence-corrected chi connectivity index (χ0v) is 19.7. The minimum atomic E-state index is -0.0313. The maximum Gasteiger partial charge on any atom is 0.373 e. The molecule has 0 saturated carbocycles. The third-order valence-electron chi connectivity index (χ3n) is 5.52. The van der Waals surface area contributed by atoms with Gasteiger partial charge in [-0.3, -0.25) is 14.2 Å². The standard InChI is InChI=1S/C26H32N2O2.CO2/c1-4-5-6-12-22(29)13-7-8-14-25-27-24-18-20(3)15-16-23(24)26(30)28(25)21-11-9-10-19(2)17-21;2-1-3/h9-11,15-18H,4-8,12-14H2,1-3H3;. The molecule has 33 heavy (non-hydrogen) atoms. The Kier molecular flexibility index (Phi) is 10.4. The van der Waals surface area contributed by atoms with E-state index in [0.717, 1.165) is 60.3 Å². The molecule has 3 rings (SSSR count). The summed E-state index contributed by atoms with van der Waals surface area (Å²) >= 11 is 0. The number of nitrogens with zero attached hydrogens (tertiary/aromatic N) is 2. The SMILES string of the molecule is CCCCCC(=O)CCCCc1nc2cc(C)ccc2c(=O)n1-c1cccc(C)c1.O=C=O. The molecule has 0 bridgehead atoms. The van der Waals surface area contributed by atoms with Gasteiger partial charge in [-0.1, -0.05) is 38.0 Å². The van der Waals surface area contributed by atoms with Crippen molar-refractivity contribution in [2.45, 2.75) is 72.1 Å². The van der Waals surface area contributed by atoms with Gasteiger partial charge >= 0.3 is 6.15 Å². The highest BCUT2D eigenvalue weighted by atomic mass is 16.2. The monoisotopic (exact) mass is 448 g/mol. The summed E-state index contributed by atoms with van der Waals surface area (Å²) < 4.78 is 1.74. The summed E-state index contributed by atoms with van der Waals surface area (Å²) in [6, 6.07) is 13.8. The number of carbonyl (C=O) groups excluding carboxylic acids is 3. The lowest BCUT2D eigenvalue weighted by Crippen LogP contribution is -2.24. The highest BCUT2D eigenvalue weighted by Crippen LogP contribution is 2.17. The van der Waals surface area contributed by atoms with Gasteiger partial charge in [0.05, 0.1) is 16.6 Å². The molecule has 6 nitrogen and oxygen atoms in total. The summed E-state index contributed by atoms with van der Waals surface area (Å²) in [5.74, 6) is 1.11. The van der Waals surface area contributed by atoms with Gasteiger partial charge in [0.2, 0.25) is 0 Å². The average Bonchev–Trinajstić information content (AvgIpc) is 2.77. The molecule has 0 spiro atoms. The van der Waals surface area contributed by atoms with Gasteiger partial charge in [0.1, 0.15) is 11.6 Å². The molecule has 1 heterocycles. The zero-order valence-electron chi connectivity index (χ0n) is 19.7. The number of unbranched alkanes of at least 4 members (excludes halogenated alkanes) is 3. The highest BCUT2D eigenvalue weighted by Gasteiger charge is 2.13. The minimum absolute atomic E-state index is 0.0313. The topological polar surface area (TPSA) is 86.1 Å². The fourth-order valence-electron chi connectivity index (χ4n) is 3.85. The molecule has 0 unspecified atom stereocenters. The first kappa shape index (κ1) is 25.9. The van der Waals surface area contributed by atoms with E-state index in [0.29, 0.717) is 30.4 Å². The molecule has 0 aliphatic heterocycles. The molecule has 0 radical (unpaired) electrons. The van der Waals surface area contributed by atoms with Crippen molar-refractivity contribution in [1.82, 2.24) is 9.55 Å². The first-order valence-corrected chi connectivity index (χ1v) is 11.5. The predicted molar refractivity (Wildman–Crippen MR) is 129 cm³/mol. The van der Waals surface area contributed by atoms with E-state index < -0.39 is 0 Å². The van der Waals surface area contributed by atoms with Crippen LogP contribution in [0.15, 0.2) is 47.3 Å². The second-order valence-corrected chi connectivity index (χ2v) is 8.31. The molecule has 0 atom stereocenters. The number of aryl methyl sites for hydroxylation is 3. The number of ketones is 1. The first-order chi connectivity index (χ1) is 15.9. The summed E-state index contributed by atoms with van der Waals surface area (Å²) in [6.07, 6.45) is 7.16. The lowest BCUT2D eigenvalue weighted by Gasteiger charge is -2.14. The maximum absolute atomic E-state index is 13.3. The Bertz CT molecular complexity index is 1170. The van der Waals surface area contributed by atoms with Gasteiger partial charge in [-0.2, -0.15) is 9.59 Å². The third kappa shape index (κ3) is 7.62. The summed E-state index contributed by atoms with van der Waals surface area (Å²) in [6.45, 7) is 6.18. The molecule has 0 aliphatic carbocycles. The number of fused-ring (bicyclic) bond motifs is 1. The fraction of sp³-hybridized carbons (Fsp3) is 0.407. The summed E-state index contributed by atoms with van der Waals surface area (Å²) in [5.41, 5.74) is 3.75. The van der Waals surface area contributed by atoms with Gasteiger partial charge in [-0.25, -0.2) is 4.98 Å². The van der Waals surface area contributed by atoms with Crippen LogP contribution in [-0.4, -0.2) is 21.5 Å². The van der Waals surface area contributed by atoms with Crippen molar-refractivity contribution in [3.05, 3.63) is 69.8 Å². The Hall–Kier alpha value is -3.37. The van der Waals surface area contributed by atoms with Gasteiger partial charge in [-0.15, -0.1) is 0 Å². The smallest absolute Gasteiger partial charge is 0.300 e. The molecular formula is C27H32N2O4. The van der Waals surface area contributed by atoms with Crippen LogP contribution in [0.25, 0.3) is 16.6 Å². The molecule has 1 aromatic heterocycles. The van der Waals surface area contributed by atoms with Crippen molar-refractivity contribution in [2.75, 3.05) is 0 Å². The van der Waals surface area contributed by atoms with E-state index >= 15 is 0 Å². The van der Waals surface area contributed by atoms with Crippen LogP contribution in [0.1, 0.15) is 68.8 Å².